The number of hydrogen-bond donors (Lipinski definition) is 0. The Labute approximate surface area is 110 Å². The number of hydrogen-bond acceptors (Lipinski definition) is 3. The molecule has 1 aromatic heterocycles. The summed E-state index contributed by atoms with van der Waals surface area (Å²) in [4.78, 5) is 16.1. The standard InChI is InChI=1S/C15H23NO2/c1-5-8-18-13-9-12(10-16-11-13)14(17)6-7-15(2,3)4/h9-11H,5-8H2,1-4H3. The molecule has 3 heteroatoms. The summed E-state index contributed by atoms with van der Waals surface area (Å²) in [6.07, 6.45) is 5.65. The molecule has 1 heterocycles. The zero-order chi connectivity index (χ0) is 13.6. The van der Waals surface area contributed by atoms with Gasteiger partial charge in [-0.15, -0.1) is 0 Å². The molecule has 1 rings (SSSR count). The van der Waals surface area contributed by atoms with E-state index in [1.807, 2.05) is 6.92 Å². The fourth-order valence-corrected chi connectivity index (χ4v) is 1.50. The highest BCUT2D eigenvalue weighted by Gasteiger charge is 2.14. The molecule has 0 unspecified atom stereocenters. The van der Waals surface area contributed by atoms with Gasteiger partial charge < -0.3 is 4.74 Å². The Morgan fingerprint density at radius 2 is 2.06 bits per heavy atom. The Balaban J connectivity index is 2.62. The number of ether oxygens (including phenoxy) is 1. The average molecular weight is 249 g/mol. The minimum Gasteiger partial charge on any atom is -0.492 e. The fourth-order valence-electron chi connectivity index (χ4n) is 1.50. The van der Waals surface area contributed by atoms with Crippen LogP contribution < -0.4 is 4.74 Å². The van der Waals surface area contributed by atoms with Gasteiger partial charge in [-0.25, -0.2) is 0 Å². The Hall–Kier alpha value is -1.38. The van der Waals surface area contributed by atoms with E-state index < -0.39 is 0 Å². The van der Waals surface area contributed by atoms with Crippen molar-refractivity contribution in [3.63, 3.8) is 0 Å². The second-order valence-corrected chi connectivity index (χ2v) is 5.74. The maximum Gasteiger partial charge on any atom is 0.164 e. The second kappa shape index (κ2) is 6.53. The highest BCUT2D eigenvalue weighted by molar-refractivity contribution is 5.96. The predicted octanol–water partition coefficient (Wildman–Crippen LogP) is 3.88. The monoisotopic (exact) mass is 249 g/mol. The van der Waals surface area contributed by atoms with E-state index in [0.29, 0.717) is 24.3 Å². The van der Waals surface area contributed by atoms with Crippen LogP contribution >= 0.6 is 0 Å². The number of nitrogens with zero attached hydrogens (tertiary/aromatic N) is 1. The van der Waals surface area contributed by atoms with E-state index >= 15 is 0 Å². The van der Waals surface area contributed by atoms with E-state index in [2.05, 4.69) is 25.8 Å². The lowest BCUT2D eigenvalue weighted by Gasteiger charge is -2.17. The van der Waals surface area contributed by atoms with Crippen LogP contribution in [0.1, 0.15) is 57.3 Å². The van der Waals surface area contributed by atoms with Crippen LogP contribution in [0.5, 0.6) is 5.75 Å². The number of aromatic nitrogens is 1. The summed E-state index contributed by atoms with van der Waals surface area (Å²) in [5, 5.41) is 0. The molecule has 0 radical (unpaired) electrons. The minimum absolute atomic E-state index is 0.138. The predicted molar refractivity (Wildman–Crippen MR) is 73.0 cm³/mol. The van der Waals surface area contributed by atoms with E-state index in [-0.39, 0.29) is 11.2 Å². The minimum atomic E-state index is 0.138. The van der Waals surface area contributed by atoms with Crippen LogP contribution in [0.2, 0.25) is 0 Å². The fraction of sp³-hybridized carbons (Fsp3) is 0.600. The van der Waals surface area contributed by atoms with Crippen molar-refractivity contribution >= 4 is 5.78 Å². The Morgan fingerprint density at radius 3 is 2.67 bits per heavy atom. The molecule has 0 saturated carbocycles. The van der Waals surface area contributed by atoms with Gasteiger partial charge >= 0.3 is 0 Å². The van der Waals surface area contributed by atoms with E-state index in [1.54, 1.807) is 18.5 Å². The van der Waals surface area contributed by atoms with Crippen LogP contribution in [0.4, 0.5) is 0 Å². The lowest BCUT2D eigenvalue weighted by atomic mass is 9.89. The molecule has 0 aromatic carbocycles. The first-order valence-electron chi connectivity index (χ1n) is 6.53. The van der Waals surface area contributed by atoms with Crippen molar-refractivity contribution in [1.29, 1.82) is 0 Å². The smallest absolute Gasteiger partial charge is 0.164 e. The van der Waals surface area contributed by atoms with Gasteiger partial charge in [0.15, 0.2) is 5.78 Å². The van der Waals surface area contributed by atoms with Crippen molar-refractivity contribution in [1.82, 2.24) is 4.98 Å². The summed E-state index contributed by atoms with van der Waals surface area (Å²) < 4.78 is 5.48. The first kappa shape index (κ1) is 14.7. The third-order valence-corrected chi connectivity index (χ3v) is 2.61. The molecule has 3 nitrogen and oxygen atoms in total. The normalized spacial score (nSPS) is 11.3. The van der Waals surface area contributed by atoms with Crippen molar-refractivity contribution in [2.75, 3.05) is 6.61 Å². The topological polar surface area (TPSA) is 39.2 Å². The quantitative estimate of drug-likeness (QED) is 0.718. The highest BCUT2D eigenvalue weighted by Crippen LogP contribution is 2.22. The van der Waals surface area contributed by atoms with Gasteiger partial charge in [-0.2, -0.15) is 0 Å². The number of Topliss-reactive ketones (excluding diaryl/α,β-unsaturated/α-hetero) is 1. The first-order valence-corrected chi connectivity index (χ1v) is 6.53. The van der Waals surface area contributed by atoms with Crippen LogP contribution in [0, 0.1) is 5.41 Å². The molecule has 0 aliphatic rings. The van der Waals surface area contributed by atoms with Crippen LogP contribution in [-0.4, -0.2) is 17.4 Å². The van der Waals surface area contributed by atoms with E-state index in [0.717, 1.165) is 12.8 Å². The lowest BCUT2D eigenvalue weighted by Crippen LogP contribution is -2.09. The summed E-state index contributed by atoms with van der Waals surface area (Å²) in [7, 11) is 0. The average Bonchev–Trinajstić information content (AvgIpc) is 2.33. The van der Waals surface area contributed by atoms with Crippen molar-refractivity contribution in [2.24, 2.45) is 5.41 Å². The number of pyridine rings is 1. The van der Waals surface area contributed by atoms with Crippen molar-refractivity contribution in [3.05, 3.63) is 24.0 Å². The molecular formula is C15H23NO2. The van der Waals surface area contributed by atoms with Gasteiger partial charge in [0.05, 0.1) is 12.8 Å². The third-order valence-electron chi connectivity index (χ3n) is 2.61. The molecule has 0 aliphatic heterocycles. The number of carbonyl (C=O) groups excluding carboxylic acids is 1. The molecule has 1 aromatic rings. The molecule has 0 atom stereocenters. The van der Waals surface area contributed by atoms with E-state index in [1.165, 1.54) is 0 Å². The molecule has 0 saturated heterocycles. The van der Waals surface area contributed by atoms with Crippen LogP contribution in [0.25, 0.3) is 0 Å². The Kier molecular flexibility index (Phi) is 5.32. The number of rotatable bonds is 6. The molecule has 0 amide bonds. The first-order chi connectivity index (χ1) is 8.42. The molecule has 0 aliphatic carbocycles. The zero-order valence-corrected chi connectivity index (χ0v) is 11.8. The third kappa shape index (κ3) is 5.30. The molecular weight excluding hydrogens is 226 g/mol. The van der Waals surface area contributed by atoms with Crippen LogP contribution in [0.3, 0.4) is 0 Å². The van der Waals surface area contributed by atoms with Gasteiger partial charge in [0.2, 0.25) is 0 Å². The van der Waals surface area contributed by atoms with Crippen molar-refractivity contribution in [3.8, 4) is 5.75 Å². The summed E-state index contributed by atoms with van der Waals surface area (Å²) in [5.41, 5.74) is 0.826. The number of ketones is 1. The Morgan fingerprint density at radius 1 is 1.33 bits per heavy atom. The molecule has 0 N–H and O–H groups in total. The van der Waals surface area contributed by atoms with Crippen LogP contribution in [0.15, 0.2) is 18.5 Å². The SMILES string of the molecule is CCCOc1cncc(C(=O)CCC(C)(C)C)c1. The van der Waals surface area contributed by atoms with Gasteiger partial charge in [-0.05, 0) is 24.3 Å². The summed E-state index contributed by atoms with van der Waals surface area (Å²) in [6.45, 7) is 9.12. The molecule has 0 fully saturated rings. The highest BCUT2D eigenvalue weighted by atomic mass is 16.5. The zero-order valence-electron chi connectivity index (χ0n) is 11.8. The largest absolute Gasteiger partial charge is 0.492 e. The van der Waals surface area contributed by atoms with Crippen molar-refractivity contribution in [2.45, 2.75) is 47.0 Å². The van der Waals surface area contributed by atoms with E-state index in [9.17, 15) is 4.79 Å². The van der Waals surface area contributed by atoms with Crippen molar-refractivity contribution < 1.29 is 9.53 Å². The van der Waals surface area contributed by atoms with E-state index in [4.69, 9.17) is 4.74 Å². The maximum atomic E-state index is 12.0. The molecule has 0 spiro atoms. The van der Waals surface area contributed by atoms with Gasteiger partial charge in [0.25, 0.3) is 0 Å². The summed E-state index contributed by atoms with van der Waals surface area (Å²) in [5.74, 6) is 0.817. The lowest BCUT2D eigenvalue weighted by molar-refractivity contribution is 0.0965. The summed E-state index contributed by atoms with van der Waals surface area (Å²) >= 11 is 0. The molecule has 0 bridgehead atoms. The number of carbonyl (C=O) groups is 1. The molecule has 18 heavy (non-hydrogen) atoms. The van der Waals surface area contributed by atoms with Crippen LogP contribution in [-0.2, 0) is 0 Å². The van der Waals surface area contributed by atoms with Gasteiger partial charge in [0, 0.05) is 18.2 Å². The van der Waals surface area contributed by atoms with Gasteiger partial charge in [-0.1, -0.05) is 27.7 Å². The molecule has 100 valence electrons. The summed E-state index contributed by atoms with van der Waals surface area (Å²) in [6, 6.07) is 1.79. The van der Waals surface area contributed by atoms with Gasteiger partial charge in [-0.3, -0.25) is 9.78 Å². The second-order valence-electron chi connectivity index (χ2n) is 5.74. The maximum absolute atomic E-state index is 12.0. The Bertz CT molecular complexity index is 394. The van der Waals surface area contributed by atoms with Gasteiger partial charge in [0.1, 0.15) is 5.75 Å².